The Balaban J connectivity index is 1.91. The summed E-state index contributed by atoms with van der Waals surface area (Å²) in [7, 11) is 1.82. The largest absolute Gasteiger partial charge is 0.370 e. The van der Waals surface area contributed by atoms with E-state index in [-0.39, 0.29) is 23.8 Å². The minimum absolute atomic E-state index is 0.000178. The zero-order valence-corrected chi connectivity index (χ0v) is 18.9. The Bertz CT molecular complexity index is 614. The van der Waals surface area contributed by atoms with Gasteiger partial charge in [-0.25, -0.2) is 0 Å². The fourth-order valence-corrected chi connectivity index (χ4v) is 4.75. The predicted molar refractivity (Wildman–Crippen MR) is 121 cm³/mol. The number of amides is 2. The summed E-state index contributed by atoms with van der Waals surface area (Å²) in [4.78, 5) is 43.1. The van der Waals surface area contributed by atoms with Crippen molar-refractivity contribution in [3.05, 3.63) is 0 Å². The molecule has 31 heavy (non-hydrogen) atoms. The lowest BCUT2D eigenvalue weighted by molar-refractivity contribution is -0.140. The summed E-state index contributed by atoms with van der Waals surface area (Å²) in [5, 5.41) is 5.99. The van der Waals surface area contributed by atoms with Crippen LogP contribution in [0.25, 0.3) is 0 Å². The first kappa shape index (κ1) is 25.1. The molecule has 2 rings (SSSR count). The number of rotatable bonds is 11. The van der Waals surface area contributed by atoms with E-state index in [0.717, 1.165) is 19.1 Å². The van der Waals surface area contributed by atoms with Crippen molar-refractivity contribution in [3.63, 3.8) is 0 Å². The highest BCUT2D eigenvalue weighted by molar-refractivity contribution is 5.91. The van der Waals surface area contributed by atoms with Crippen LogP contribution in [0.15, 0.2) is 4.99 Å². The van der Waals surface area contributed by atoms with E-state index in [9.17, 15) is 14.4 Å². The molecule has 2 amide bonds. The molecule has 0 radical (unpaired) electrons. The quantitative estimate of drug-likeness (QED) is 0.123. The van der Waals surface area contributed by atoms with Crippen LogP contribution in [-0.2, 0) is 14.4 Å². The van der Waals surface area contributed by atoms with Crippen LogP contribution in [0, 0.1) is 5.92 Å². The van der Waals surface area contributed by atoms with Crippen LogP contribution >= 0.6 is 0 Å². The third-order valence-electron chi connectivity index (χ3n) is 6.49. The molecule has 1 aliphatic carbocycles. The van der Waals surface area contributed by atoms with Crippen LogP contribution < -0.4 is 22.1 Å². The minimum Gasteiger partial charge on any atom is -0.370 e. The molecule has 0 unspecified atom stereocenters. The second-order valence-corrected chi connectivity index (χ2v) is 8.82. The summed E-state index contributed by atoms with van der Waals surface area (Å²) in [5.41, 5.74) is 10.6. The van der Waals surface area contributed by atoms with Gasteiger partial charge in [-0.3, -0.25) is 14.6 Å². The van der Waals surface area contributed by atoms with E-state index in [0.29, 0.717) is 38.3 Å². The van der Waals surface area contributed by atoms with Gasteiger partial charge in [0.1, 0.15) is 12.3 Å². The smallest absolute Gasteiger partial charge is 0.243 e. The number of nitrogens with zero attached hydrogens (tertiary/aromatic N) is 2. The molecule has 3 atom stereocenters. The van der Waals surface area contributed by atoms with Gasteiger partial charge < -0.3 is 31.8 Å². The maximum Gasteiger partial charge on any atom is 0.243 e. The first-order valence-corrected chi connectivity index (χ1v) is 11.7. The summed E-state index contributed by atoms with van der Waals surface area (Å²) >= 11 is 0. The zero-order valence-electron chi connectivity index (χ0n) is 18.9. The maximum atomic E-state index is 13.3. The summed E-state index contributed by atoms with van der Waals surface area (Å²) < 4.78 is 0. The highest BCUT2D eigenvalue weighted by Crippen LogP contribution is 2.28. The van der Waals surface area contributed by atoms with Crippen LogP contribution in [0.3, 0.4) is 0 Å². The predicted octanol–water partition coefficient (Wildman–Crippen LogP) is 0.663. The lowest BCUT2D eigenvalue weighted by Gasteiger charge is -2.30. The summed E-state index contributed by atoms with van der Waals surface area (Å²) in [6.45, 7) is 0.984. The molecular formula is C22H40N6O3. The maximum absolute atomic E-state index is 13.3. The van der Waals surface area contributed by atoms with Gasteiger partial charge in [0.15, 0.2) is 5.96 Å². The molecule has 1 saturated carbocycles. The minimum atomic E-state index is -0.606. The van der Waals surface area contributed by atoms with E-state index in [1.807, 2.05) is 7.05 Å². The van der Waals surface area contributed by atoms with Crippen LogP contribution in [0.5, 0.6) is 0 Å². The number of nitrogens with one attached hydrogen (secondary N) is 2. The third-order valence-corrected chi connectivity index (χ3v) is 6.49. The van der Waals surface area contributed by atoms with Gasteiger partial charge in [-0.05, 0) is 45.1 Å². The van der Waals surface area contributed by atoms with E-state index >= 15 is 0 Å². The molecule has 1 aliphatic heterocycles. The Hall–Kier alpha value is -2.16. The second-order valence-electron chi connectivity index (χ2n) is 8.82. The van der Waals surface area contributed by atoms with E-state index in [2.05, 4.69) is 15.6 Å². The van der Waals surface area contributed by atoms with Crippen LogP contribution in [0.4, 0.5) is 0 Å². The van der Waals surface area contributed by atoms with Gasteiger partial charge >= 0.3 is 0 Å². The van der Waals surface area contributed by atoms with Crippen LogP contribution in [0.2, 0.25) is 0 Å². The number of likely N-dealkylation sites (tertiary alicyclic amines) is 1. The number of hydrogen-bond donors (Lipinski definition) is 4. The fraction of sp³-hybridized carbons (Fsp3) is 0.818. The standard InChI is InChI=1S/C22H40N6O3/c1-25-18(14-16-8-4-2-3-5-9-16)21(31)28-13-7-11-19(28)20(30)27-17(15-29)10-6-12-26-22(23)24/h15-19,25H,2-14H2,1H3,(H,27,30)(H4,23,24,26)/t17-,18+,19-/m0/s1. The van der Waals surface area contributed by atoms with Crippen molar-refractivity contribution in [2.24, 2.45) is 22.4 Å². The number of guanidine groups is 1. The molecule has 176 valence electrons. The van der Waals surface area contributed by atoms with Crippen molar-refractivity contribution in [1.29, 1.82) is 0 Å². The van der Waals surface area contributed by atoms with E-state index < -0.39 is 12.1 Å². The van der Waals surface area contributed by atoms with E-state index in [1.54, 1.807) is 4.90 Å². The molecule has 0 aromatic rings. The van der Waals surface area contributed by atoms with Gasteiger partial charge in [-0.15, -0.1) is 0 Å². The number of hydrogen-bond acceptors (Lipinski definition) is 5. The molecule has 0 aromatic heterocycles. The Morgan fingerprint density at radius 1 is 1.13 bits per heavy atom. The molecule has 0 aromatic carbocycles. The third kappa shape index (κ3) is 8.12. The zero-order chi connectivity index (χ0) is 22.6. The molecule has 2 aliphatic rings. The summed E-state index contributed by atoms with van der Waals surface area (Å²) in [6.07, 6.45) is 11.4. The highest BCUT2D eigenvalue weighted by atomic mass is 16.2. The number of carbonyl (C=O) groups excluding carboxylic acids is 3. The lowest BCUT2D eigenvalue weighted by Crippen LogP contribution is -2.53. The average Bonchev–Trinajstić information content (AvgIpc) is 3.11. The molecule has 1 saturated heterocycles. The number of likely N-dealkylation sites (N-methyl/N-ethyl adjacent to an activating group) is 1. The monoisotopic (exact) mass is 436 g/mol. The number of aliphatic imine (C=N–C) groups is 1. The second kappa shape index (κ2) is 13.3. The Labute approximate surface area is 185 Å². The lowest BCUT2D eigenvalue weighted by atomic mass is 9.92. The number of carbonyl (C=O) groups is 3. The number of aldehydes is 1. The van der Waals surface area contributed by atoms with Crippen molar-refractivity contribution in [1.82, 2.24) is 15.5 Å². The molecule has 9 heteroatoms. The Morgan fingerprint density at radius 3 is 2.45 bits per heavy atom. The average molecular weight is 437 g/mol. The summed E-state index contributed by atoms with van der Waals surface area (Å²) in [5.74, 6) is 0.312. The fourth-order valence-electron chi connectivity index (χ4n) is 4.75. The van der Waals surface area contributed by atoms with Crippen molar-refractivity contribution in [2.45, 2.75) is 88.8 Å². The number of nitrogens with two attached hydrogens (primary N) is 2. The molecule has 2 fully saturated rings. The molecule has 1 heterocycles. The van der Waals surface area contributed by atoms with Crippen molar-refractivity contribution >= 4 is 24.1 Å². The molecule has 0 bridgehead atoms. The topological polar surface area (TPSA) is 143 Å². The Kier molecular flexibility index (Phi) is 10.8. The van der Waals surface area contributed by atoms with Gasteiger partial charge in [0.05, 0.1) is 12.1 Å². The van der Waals surface area contributed by atoms with E-state index in [4.69, 9.17) is 11.5 Å². The van der Waals surface area contributed by atoms with Gasteiger partial charge in [-0.1, -0.05) is 38.5 Å². The first-order chi connectivity index (χ1) is 15.0. The van der Waals surface area contributed by atoms with Gasteiger partial charge in [0.25, 0.3) is 0 Å². The van der Waals surface area contributed by atoms with E-state index in [1.165, 1.54) is 38.5 Å². The van der Waals surface area contributed by atoms with Crippen molar-refractivity contribution < 1.29 is 14.4 Å². The Morgan fingerprint density at radius 2 is 1.84 bits per heavy atom. The van der Waals surface area contributed by atoms with Crippen LogP contribution in [-0.4, -0.2) is 67.2 Å². The van der Waals surface area contributed by atoms with Crippen LogP contribution in [0.1, 0.15) is 70.6 Å². The molecule has 6 N–H and O–H groups in total. The molecule has 9 nitrogen and oxygen atoms in total. The SMILES string of the molecule is CN[C@H](CC1CCCCCC1)C(=O)N1CCC[C@H]1C(=O)N[C@H](C=O)CCCN=C(N)N. The summed E-state index contributed by atoms with van der Waals surface area (Å²) in [6, 6.07) is -1.39. The van der Waals surface area contributed by atoms with Crippen molar-refractivity contribution in [2.75, 3.05) is 20.1 Å². The van der Waals surface area contributed by atoms with Gasteiger partial charge in [0, 0.05) is 13.1 Å². The molecular weight excluding hydrogens is 396 g/mol. The van der Waals surface area contributed by atoms with Gasteiger partial charge in [0.2, 0.25) is 11.8 Å². The first-order valence-electron chi connectivity index (χ1n) is 11.7. The molecule has 0 spiro atoms. The van der Waals surface area contributed by atoms with Crippen molar-refractivity contribution in [3.8, 4) is 0 Å². The normalized spacial score (nSPS) is 21.7. The highest BCUT2D eigenvalue weighted by Gasteiger charge is 2.37. The van der Waals surface area contributed by atoms with Gasteiger partial charge in [-0.2, -0.15) is 0 Å².